The van der Waals surface area contributed by atoms with E-state index in [-0.39, 0.29) is 11.1 Å². The number of carbonyl (C=O) groups excluding carboxylic acids is 1. The number of hydrogen-bond acceptors (Lipinski definition) is 9. The fraction of sp³-hybridized carbons (Fsp3) is 0.111. The van der Waals surface area contributed by atoms with Gasteiger partial charge in [0.25, 0.3) is 0 Å². The van der Waals surface area contributed by atoms with Crippen LogP contribution in [0.3, 0.4) is 0 Å². The van der Waals surface area contributed by atoms with Gasteiger partial charge in [0.15, 0.2) is 34.5 Å². The molecule has 2 aromatic carbocycles. The molecule has 148 valence electrons. The number of hydrogen-bond donors (Lipinski definition) is 7. The fourth-order valence-electron chi connectivity index (χ4n) is 2.24. The van der Waals surface area contributed by atoms with E-state index in [4.69, 9.17) is 4.74 Å². The average molecular weight is 392 g/mol. The minimum atomic E-state index is -1.66. The van der Waals surface area contributed by atoms with Crippen molar-refractivity contribution in [2.45, 2.75) is 12.5 Å². The maximum Gasteiger partial charge on any atom is 0.345 e. The summed E-state index contributed by atoms with van der Waals surface area (Å²) < 4.78 is 4.81. The number of phenols is 6. The normalized spacial score (nSPS) is 12.0. The Labute approximate surface area is 157 Å². The highest BCUT2D eigenvalue weighted by Gasteiger charge is 2.23. The Hall–Kier alpha value is -4.08. The minimum Gasteiger partial charge on any atom is -0.504 e. The van der Waals surface area contributed by atoms with Crippen molar-refractivity contribution in [2.24, 2.45) is 0 Å². The summed E-state index contributed by atoms with van der Waals surface area (Å²) >= 11 is 0. The summed E-state index contributed by atoms with van der Waals surface area (Å²) in [4.78, 5) is 23.2. The summed E-state index contributed by atoms with van der Waals surface area (Å²) in [6.45, 7) is 0. The number of phenolic OH excluding ortho intramolecular Hbond substituents is 6. The summed E-state index contributed by atoms with van der Waals surface area (Å²) in [6.07, 6.45) is -0.121. The van der Waals surface area contributed by atoms with Crippen LogP contribution in [0.1, 0.15) is 11.1 Å². The lowest BCUT2D eigenvalue weighted by molar-refractivity contribution is -0.160. The Morgan fingerprint density at radius 3 is 1.79 bits per heavy atom. The monoisotopic (exact) mass is 392 g/mol. The molecule has 7 N–H and O–H groups in total. The first-order chi connectivity index (χ1) is 13.1. The molecule has 0 fully saturated rings. The zero-order valence-electron chi connectivity index (χ0n) is 14.1. The SMILES string of the molecule is O=C(/C=C/c1cc(O)c(O)c(O)c1)OC(Cc1cc(O)c(O)c(O)c1)C(=O)O. The first-order valence-electron chi connectivity index (χ1n) is 7.68. The predicted molar refractivity (Wildman–Crippen MR) is 93.1 cm³/mol. The van der Waals surface area contributed by atoms with Crippen LogP contribution in [0.4, 0.5) is 0 Å². The van der Waals surface area contributed by atoms with Crippen molar-refractivity contribution in [1.29, 1.82) is 0 Å². The van der Waals surface area contributed by atoms with Gasteiger partial charge in [-0.05, 0) is 41.5 Å². The lowest BCUT2D eigenvalue weighted by Crippen LogP contribution is -2.28. The highest BCUT2D eigenvalue weighted by molar-refractivity contribution is 5.89. The van der Waals surface area contributed by atoms with Crippen LogP contribution in [0, 0.1) is 0 Å². The smallest absolute Gasteiger partial charge is 0.345 e. The molecule has 1 unspecified atom stereocenters. The van der Waals surface area contributed by atoms with E-state index < -0.39 is 59.0 Å². The maximum atomic E-state index is 11.9. The number of carbonyl (C=O) groups is 2. The van der Waals surface area contributed by atoms with Crippen molar-refractivity contribution < 1.29 is 50.1 Å². The number of aromatic hydroxyl groups is 6. The molecule has 0 aliphatic rings. The van der Waals surface area contributed by atoms with Gasteiger partial charge in [-0.3, -0.25) is 0 Å². The fourth-order valence-corrected chi connectivity index (χ4v) is 2.24. The van der Waals surface area contributed by atoms with E-state index in [2.05, 4.69) is 0 Å². The molecule has 0 amide bonds. The van der Waals surface area contributed by atoms with E-state index in [0.717, 1.165) is 36.4 Å². The molecule has 2 aromatic rings. The van der Waals surface area contributed by atoms with E-state index in [1.165, 1.54) is 0 Å². The lowest BCUT2D eigenvalue weighted by atomic mass is 10.1. The van der Waals surface area contributed by atoms with Gasteiger partial charge in [0.05, 0.1) is 0 Å². The minimum absolute atomic E-state index is 0.0883. The molecule has 0 aliphatic carbocycles. The third kappa shape index (κ3) is 4.75. The van der Waals surface area contributed by atoms with Gasteiger partial charge < -0.3 is 40.5 Å². The number of carboxylic acids is 1. The Balaban J connectivity index is 2.12. The molecule has 0 radical (unpaired) electrons. The molecule has 0 aliphatic heterocycles. The summed E-state index contributed by atoms with van der Waals surface area (Å²) in [5.41, 5.74) is 0.218. The molecule has 0 saturated carbocycles. The second kappa shape index (κ2) is 8.08. The second-order valence-electron chi connectivity index (χ2n) is 5.69. The number of esters is 1. The van der Waals surface area contributed by atoms with Crippen LogP contribution in [0.5, 0.6) is 34.5 Å². The van der Waals surface area contributed by atoms with Gasteiger partial charge >= 0.3 is 11.9 Å². The number of ether oxygens (including phenoxy) is 1. The quantitative estimate of drug-likeness (QED) is 0.214. The number of benzene rings is 2. The third-order valence-corrected chi connectivity index (χ3v) is 3.59. The molecule has 10 heteroatoms. The van der Waals surface area contributed by atoms with Crippen LogP contribution in [-0.4, -0.2) is 53.8 Å². The molecule has 0 saturated heterocycles. The van der Waals surface area contributed by atoms with E-state index in [1.54, 1.807) is 0 Å². The zero-order chi connectivity index (χ0) is 21.0. The Bertz CT molecular complexity index is 901. The molecule has 28 heavy (non-hydrogen) atoms. The molecule has 10 nitrogen and oxygen atoms in total. The maximum absolute atomic E-state index is 11.9. The second-order valence-corrected chi connectivity index (χ2v) is 5.69. The van der Waals surface area contributed by atoms with Crippen molar-refractivity contribution in [2.75, 3.05) is 0 Å². The van der Waals surface area contributed by atoms with Gasteiger partial charge in [-0.2, -0.15) is 0 Å². The molecule has 0 bridgehead atoms. The number of carboxylic acid groups (broad SMARTS) is 1. The summed E-state index contributed by atoms with van der Waals surface area (Å²) in [7, 11) is 0. The van der Waals surface area contributed by atoms with E-state index in [0.29, 0.717) is 0 Å². The standard InChI is InChI=1S/C18H16O10/c19-10-3-8(4-11(20)16(10)24)1-2-15(23)28-14(18(26)27)7-9-5-12(21)17(25)13(22)6-9/h1-6,14,19-22,24-25H,7H2,(H,26,27)/b2-1+. The zero-order valence-corrected chi connectivity index (χ0v) is 14.1. The van der Waals surface area contributed by atoms with E-state index in [1.807, 2.05) is 0 Å². The molecule has 0 spiro atoms. The summed E-state index contributed by atoms with van der Waals surface area (Å²) in [5.74, 6) is -6.64. The lowest BCUT2D eigenvalue weighted by Gasteiger charge is -2.13. The van der Waals surface area contributed by atoms with Gasteiger partial charge in [0.1, 0.15) is 0 Å². The molecule has 2 rings (SSSR count). The van der Waals surface area contributed by atoms with E-state index >= 15 is 0 Å². The molecular weight excluding hydrogens is 376 g/mol. The van der Waals surface area contributed by atoms with Crippen LogP contribution < -0.4 is 0 Å². The highest BCUT2D eigenvalue weighted by Crippen LogP contribution is 2.36. The third-order valence-electron chi connectivity index (χ3n) is 3.59. The molecule has 1 atom stereocenters. The predicted octanol–water partition coefficient (Wildman–Crippen LogP) is 1.17. The Morgan fingerprint density at radius 2 is 1.32 bits per heavy atom. The molecule has 0 heterocycles. The largest absolute Gasteiger partial charge is 0.504 e. The van der Waals surface area contributed by atoms with Crippen LogP contribution in [-0.2, 0) is 20.7 Å². The first-order valence-corrected chi connectivity index (χ1v) is 7.68. The van der Waals surface area contributed by atoms with Crippen molar-refractivity contribution >= 4 is 18.0 Å². The van der Waals surface area contributed by atoms with Crippen LogP contribution in [0.2, 0.25) is 0 Å². The Kier molecular flexibility index (Phi) is 5.84. The summed E-state index contributed by atoms with van der Waals surface area (Å²) in [6, 6.07) is 4.12. The van der Waals surface area contributed by atoms with Crippen molar-refractivity contribution in [3.05, 3.63) is 41.5 Å². The Morgan fingerprint density at radius 1 is 0.857 bits per heavy atom. The van der Waals surface area contributed by atoms with Gasteiger partial charge in [-0.15, -0.1) is 0 Å². The van der Waals surface area contributed by atoms with Gasteiger partial charge in [-0.25, -0.2) is 9.59 Å². The number of rotatable bonds is 6. The van der Waals surface area contributed by atoms with Crippen LogP contribution in [0.25, 0.3) is 6.08 Å². The van der Waals surface area contributed by atoms with Gasteiger partial charge in [0.2, 0.25) is 6.10 Å². The summed E-state index contributed by atoms with van der Waals surface area (Å²) in [5, 5.41) is 65.4. The van der Waals surface area contributed by atoms with Crippen molar-refractivity contribution in [3.63, 3.8) is 0 Å². The average Bonchev–Trinajstić information content (AvgIpc) is 2.61. The van der Waals surface area contributed by atoms with Gasteiger partial charge in [0, 0.05) is 12.5 Å². The topological polar surface area (TPSA) is 185 Å². The van der Waals surface area contributed by atoms with Crippen molar-refractivity contribution in [1.82, 2.24) is 0 Å². The van der Waals surface area contributed by atoms with E-state index in [9.17, 15) is 45.3 Å². The van der Waals surface area contributed by atoms with Crippen molar-refractivity contribution in [3.8, 4) is 34.5 Å². The number of aliphatic carboxylic acids is 1. The first kappa shape index (κ1) is 20.2. The highest BCUT2D eigenvalue weighted by atomic mass is 16.6. The molecule has 0 aromatic heterocycles. The van der Waals surface area contributed by atoms with Crippen LogP contribution in [0.15, 0.2) is 30.3 Å². The van der Waals surface area contributed by atoms with Crippen LogP contribution >= 0.6 is 0 Å². The van der Waals surface area contributed by atoms with Gasteiger partial charge in [-0.1, -0.05) is 0 Å². The molecular formula is C18H16O10.